The Morgan fingerprint density at radius 3 is 2.78 bits per heavy atom. The normalized spacial score (nSPS) is 11.0. The molecule has 3 aromatic rings. The summed E-state index contributed by atoms with van der Waals surface area (Å²) in [7, 11) is 0. The average molecular weight is 302 g/mol. The van der Waals surface area contributed by atoms with Gasteiger partial charge in [-0.2, -0.15) is 0 Å². The summed E-state index contributed by atoms with van der Waals surface area (Å²) in [4.78, 5) is 7.79. The van der Waals surface area contributed by atoms with Crippen molar-refractivity contribution in [3.05, 3.63) is 46.7 Å². The van der Waals surface area contributed by atoms with Crippen molar-refractivity contribution in [2.24, 2.45) is 0 Å². The van der Waals surface area contributed by atoms with Crippen LogP contribution < -0.4 is 5.73 Å². The van der Waals surface area contributed by atoms with Crippen molar-refractivity contribution in [1.82, 2.24) is 9.97 Å². The van der Waals surface area contributed by atoms with Crippen molar-refractivity contribution >= 4 is 32.5 Å². The summed E-state index contributed by atoms with van der Waals surface area (Å²) < 4.78 is 1.07. The number of benzene rings is 1. The molecule has 0 spiro atoms. The maximum Gasteiger partial charge on any atom is 0.0728 e. The van der Waals surface area contributed by atoms with Gasteiger partial charge in [-0.15, -0.1) is 0 Å². The van der Waals surface area contributed by atoms with E-state index in [0.29, 0.717) is 5.69 Å². The van der Waals surface area contributed by atoms with Crippen LogP contribution >= 0.6 is 15.9 Å². The van der Waals surface area contributed by atoms with Gasteiger partial charge in [0.05, 0.1) is 17.6 Å². The van der Waals surface area contributed by atoms with E-state index < -0.39 is 0 Å². The van der Waals surface area contributed by atoms with E-state index in [2.05, 4.69) is 38.9 Å². The first-order valence-corrected chi connectivity index (χ1v) is 6.45. The highest BCUT2D eigenvalue weighted by Crippen LogP contribution is 2.35. The number of anilines is 1. The molecule has 2 heterocycles. The Kier molecular flexibility index (Phi) is 2.59. The van der Waals surface area contributed by atoms with E-state index >= 15 is 0 Å². The van der Waals surface area contributed by atoms with Gasteiger partial charge < -0.3 is 10.7 Å². The number of rotatable bonds is 1. The van der Waals surface area contributed by atoms with Crippen LogP contribution in [-0.2, 0) is 0 Å². The average Bonchev–Trinajstić information content (AvgIpc) is 2.68. The standard InChI is InChI=1S/C14H12BrN3/c1-8-13(11-6-5-9(16)7-17-11)14-10(15)3-2-4-12(14)18-8/h2-7,18H,16H2,1H3. The lowest BCUT2D eigenvalue weighted by Gasteiger charge is -2.03. The van der Waals surface area contributed by atoms with Crippen LogP contribution in [0.2, 0.25) is 0 Å². The lowest BCUT2D eigenvalue weighted by atomic mass is 10.1. The Balaban J connectivity index is 2.34. The summed E-state index contributed by atoms with van der Waals surface area (Å²) >= 11 is 3.60. The van der Waals surface area contributed by atoms with Crippen LogP contribution in [0.4, 0.5) is 5.69 Å². The Hall–Kier alpha value is -1.81. The van der Waals surface area contributed by atoms with Gasteiger partial charge in [0, 0.05) is 26.6 Å². The zero-order chi connectivity index (χ0) is 12.7. The monoisotopic (exact) mass is 301 g/mol. The number of hydrogen-bond acceptors (Lipinski definition) is 2. The van der Waals surface area contributed by atoms with Crippen molar-refractivity contribution in [3.63, 3.8) is 0 Å². The lowest BCUT2D eigenvalue weighted by molar-refractivity contribution is 1.27. The number of halogens is 1. The van der Waals surface area contributed by atoms with E-state index in [1.807, 2.05) is 24.3 Å². The van der Waals surface area contributed by atoms with Gasteiger partial charge in [0.15, 0.2) is 0 Å². The van der Waals surface area contributed by atoms with Gasteiger partial charge in [0.2, 0.25) is 0 Å². The lowest BCUT2D eigenvalue weighted by Crippen LogP contribution is -1.89. The molecule has 0 aliphatic carbocycles. The molecule has 0 atom stereocenters. The minimum absolute atomic E-state index is 0.676. The molecule has 0 aliphatic heterocycles. The van der Waals surface area contributed by atoms with Crippen molar-refractivity contribution in [2.45, 2.75) is 6.92 Å². The van der Waals surface area contributed by atoms with Crippen LogP contribution in [-0.4, -0.2) is 9.97 Å². The number of aryl methyl sites for hydroxylation is 1. The molecule has 3 N–H and O–H groups in total. The number of nitrogens with two attached hydrogens (primary N) is 1. The molecule has 1 aromatic carbocycles. The third-order valence-corrected chi connectivity index (χ3v) is 3.66. The second-order valence-corrected chi connectivity index (χ2v) is 5.12. The number of fused-ring (bicyclic) bond motifs is 1. The number of pyridine rings is 1. The van der Waals surface area contributed by atoms with Gasteiger partial charge in [-0.05, 0) is 31.2 Å². The molecule has 2 aromatic heterocycles. The molecule has 3 rings (SSSR count). The molecule has 0 unspecified atom stereocenters. The van der Waals surface area contributed by atoms with E-state index in [1.165, 1.54) is 0 Å². The van der Waals surface area contributed by atoms with Crippen LogP contribution in [0, 0.1) is 6.92 Å². The molecule has 18 heavy (non-hydrogen) atoms. The fourth-order valence-corrected chi connectivity index (χ4v) is 2.77. The second-order valence-electron chi connectivity index (χ2n) is 4.26. The van der Waals surface area contributed by atoms with Gasteiger partial charge in [0.1, 0.15) is 0 Å². The second kappa shape index (κ2) is 4.14. The molecular weight excluding hydrogens is 290 g/mol. The largest absolute Gasteiger partial charge is 0.397 e. The van der Waals surface area contributed by atoms with E-state index in [0.717, 1.165) is 32.3 Å². The summed E-state index contributed by atoms with van der Waals surface area (Å²) in [6.07, 6.45) is 1.68. The maximum atomic E-state index is 5.68. The van der Waals surface area contributed by atoms with Crippen molar-refractivity contribution in [3.8, 4) is 11.3 Å². The fourth-order valence-electron chi connectivity index (χ4n) is 2.21. The third-order valence-electron chi connectivity index (χ3n) is 3.00. The minimum Gasteiger partial charge on any atom is -0.397 e. The van der Waals surface area contributed by atoms with Crippen molar-refractivity contribution in [1.29, 1.82) is 0 Å². The predicted octanol–water partition coefficient (Wildman–Crippen LogP) is 3.88. The van der Waals surface area contributed by atoms with Gasteiger partial charge in [-0.25, -0.2) is 0 Å². The van der Waals surface area contributed by atoms with E-state index in [1.54, 1.807) is 6.20 Å². The molecule has 0 saturated heterocycles. The highest BCUT2D eigenvalue weighted by atomic mass is 79.9. The van der Waals surface area contributed by atoms with E-state index in [4.69, 9.17) is 5.73 Å². The van der Waals surface area contributed by atoms with Crippen LogP contribution in [0.1, 0.15) is 5.69 Å². The topological polar surface area (TPSA) is 54.7 Å². The van der Waals surface area contributed by atoms with E-state index in [-0.39, 0.29) is 0 Å². The molecule has 0 aliphatic rings. The highest BCUT2D eigenvalue weighted by Gasteiger charge is 2.13. The van der Waals surface area contributed by atoms with Gasteiger partial charge in [0.25, 0.3) is 0 Å². The first-order chi connectivity index (χ1) is 8.66. The fraction of sp³-hybridized carbons (Fsp3) is 0.0714. The molecule has 0 radical (unpaired) electrons. The number of nitrogens with one attached hydrogen (secondary N) is 1. The Morgan fingerprint density at radius 1 is 1.22 bits per heavy atom. The summed E-state index contributed by atoms with van der Waals surface area (Å²) in [5.74, 6) is 0. The van der Waals surface area contributed by atoms with E-state index in [9.17, 15) is 0 Å². The van der Waals surface area contributed by atoms with Crippen molar-refractivity contribution in [2.75, 3.05) is 5.73 Å². The molecule has 3 nitrogen and oxygen atoms in total. The minimum atomic E-state index is 0.676. The van der Waals surface area contributed by atoms with Crippen LogP contribution in [0.15, 0.2) is 41.0 Å². The van der Waals surface area contributed by atoms with Gasteiger partial charge in [-0.3, -0.25) is 4.98 Å². The molecule has 0 saturated carbocycles. The van der Waals surface area contributed by atoms with Crippen LogP contribution in [0.5, 0.6) is 0 Å². The zero-order valence-corrected chi connectivity index (χ0v) is 11.5. The molecule has 90 valence electrons. The molecular formula is C14H12BrN3. The Bertz CT molecular complexity index is 714. The Labute approximate surface area is 113 Å². The molecule has 0 amide bonds. The van der Waals surface area contributed by atoms with Crippen LogP contribution in [0.3, 0.4) is 0 Å². The Morgan fingerprint density at radius 2 is 2.06 bits per heavy atom. The summed E-state index contributed by atoms with van der Waals surface area (Å²) in [5.41, 5.74) is 10.6. The smallest absolute Gasteiger partial charge is 0.0728 e. The number of aromatic nitrogens is 2. The molecule has 0 bridgehead atoms. The molecule has 4 heteroatoms. The zero-order valence-electron chi connectivity index (χ0n) is 9.87. The van der Waals surface area contributed by atoms with Gasteiger partial charge in [-0.1, -0.05) is 22.0 Å². The molecule has 0 fully saturated rings. The predicted molar refractivity (Wildman–Crippen MR) is 78.4 cm³/mol. The first-order valence-electron chi connectivity index (χ1n) is 5.65. The number of nitrogens with zero attached hydrogens (tertiary/aromatic N) is 1. The summed E-state index contributed by atoms with van der Waals surface area (Å²) in [6, 6.07) is 9.94. The van der Waals surface area contributed by atoms with Crippen molar-refractivity contribution < 1.29 is 0 Å². The number of H-pyrrole nitrogens is 1. The number of hydrogen-bond donors (Lipinski definition) is 2. The van der Waals surface area contributed by atoms with Gasteiger partial charge >= 0.3 is 0 Å². The number of nitrogen functional groups attached to an aromatic ring is 1. The first kappa shape index (κ1) is 11.3. The number of aromatic amines is 1. The quantitative estimate of drug-likeness (QED) is 0.716. The van der Waals surface area contributed by atoms with Crippen LogP contribution in [0.25, 0.3) is 22.2 Å². The summed E-state index contributed by atoms with van der Waals surface area (Å²) in [6.45, 7) is 2.06. The summed E-state index contributed by atoms with van der Waals surface area (Å²) in [5, 5.41) is 1.16. The SMILES string of the molecule is Cc1[nH]c2cccc(Br)c2c1-c1ccc(N)cn1. The maximum absolute atomic E-state index is 5.68. The highest BCUT2D eigenvalue weighted by molar-refractivity contribution is 9.10. The third kappa shape index (κ3) is 1.69.